The first kappa shape index (κ1) is 20.3. The van der Waals surface area contributed by atoms with Crippen LogP contribution in [0.3, 0.4) is 0 Å². The zero-order chi connectivity index (χ0) is 21.3. The van der Waals surface area contributed by atoms with Crippen molar-refractivity contribution in [3.05, 3.63) is 64.7 Å². The number of sulfonamides is 1. The fourth-order valence-electron chi connectivity index (χ4n) is 4.60. The second-order valence-corrected chi connectivity index (χ2v) is 9.81. The van der Waals surface area contributed by atoms with Crippen LogP contribution in [0.2, 0.25) is 0 Å². The summed E-state index contributed by atoms with van der Waals surface area (Å²) in [6, 6.07) is 13.1. The molecule has 0 heterocycles. The number of nitro groups is 1. The molecule has 0 saturated heterocycles. The normalized spacial score (nSPS) is 22.6. The maximum absolute atomic E-state index is 13.3. The summed E-state index contributed by atoms with van der Waals surface area (Å²) in [6.07, 6.45) is 4.33. The van der Waals surface area contributed by atoms with Gasteiger partial charge in [-0.3, -0.25) is 19.2 Å². The Labute approximate surface area is 175 Å². The van der Waals surface area contributed by atoms with Crippen LogP contribution in [0.4, 0.5) is 11.4 Å². The van der Waals surface area contributed by atoms with Crippen molar-refractivity contribution >= 4 is 27.3 Å². The molecule has 3 atom stereocenters. The smallest absolute Gasteiger partial charge is 0.271 e. The van der Waals surface area contributed by atoms with Gasteiger partial charge in [0.15, 0.2) is 0 Å². The molecule has 30 heavy (non-hydrogen) atoms. The molecule has 9 heteroatoms. The van der Waals surface area contributed by atoms with Crippen LogP contribution in [0.25, 0.3) is 0 Å². The quantitative estimate of drug-likeness (QED) is 0.537. The number of nitrogens with zero attached hydrogens (tertiary/aromatic N) is 2. The zero-order valence-corrected chi connectivity index (χ0v) is 17.1. The van der Waals surface area contributed by atoms with Crippen molar-refractivity contribution in [2.75, 3.05) is 10.8 Å². The second kappa shape index (κ2) is 8.06. The van der Waals surface area contributed by atoms with E-state index in [0.717, 1.165) is 23.6 Å². The third-order valence-electron chi connectivity index (χ3n) is 6.03. The predicted octanol–water partition coefficient (Wildman–Crippen LogP) is 3.09. The molecule has 2 aromatic rings. The van der Waals surface area contributed by atoms with E-state index < -0.39 is 27.4 Å². The highest BCUT2D eigenvalue weighted by Crippen LogP contribution is 2.44. The monoisotopic (exact) mass is 429 g/mol. The molecule has 0 radical (unpaired) electrons. The van der Waals surface area contributed by atoms with Gasteiger partial charge in [0.25, 0.3) is 15.7 Å². The molecule has 2 aliphatic carbocycles. The summed E-state index contributed by atoms with van der Waals surface area (Å²) in [5, 5.41) is 14.2. The maximum atomic E-state index is 13.3. The Morgan fingerprint density at radius 2 is 1.87 bits per heavy atom. The molecule has 4 rings (SSSR count). The van der Waals surface area contributed by atoms with E-state index in [1.54, 1.807) is 18.2 Å². The molecule has 0 aromatic heterocycles. The van der Waals surface area contributed by atoms with Crippen LogP contribution in [0, 0.1) is 22.0 Å². The van der Waals surface area contributed by atoms with E-state index in [0.29, 0.717) is 11.8 Å². The van der Waals surface area contributed by atoms with Crippen LogP contribution >= 0.6 is 0 Å². The number of amides is 1. The third-order valence-corrected chi connectivity index (χ3v) is 7.82. The summed E-state index contributed by atoms with van der Waals surface area (Å²) in [4.78, 5) is 23.4. The van der Waals surface area contributed by atoms with Crippen LogP contribution in [0.15, 0.2) is 59.5 Å². The molecule has 2 aliphatic rings. The van der Waals surface area contributed by atoms with Crippen LogP contribution in [0.1, 0.15) is 25.7 Å². The van der Waals surface area contributed by atoms with Crippen LogP contribution in [-0.4, -0.2) is 31.8 Å². The SMILES string of the molecule is O=C(CN(c1cccc([N+](=O)[O-])c1)S(=O)(=O)c1ccccc1)N[C@@H]1C[C@@H]2CC[C@H]1C2. The first-order valence-electron chi connectivity index (χ1n) is 9.96. The van der Waals surface area contributed by atoms with E-state index in [4.69, 9.17) is 0 Å². The zero-order valence-electron chi connectivity index (χ0n) is 16.3. The Hall–Kier alpha value is -2.94. The lowest BCUT2D eigenvalue weighted by Crippen LogP contribution is -2.46. The van der Waals surface area contributed by atoms with Gasteiger partial charge in [0.05, 0.1) is 15.5 Å². The average molecular weight is 429 g/mol. The Bertz CT molecular complexity index is 1060. The summed E-state index contributed by atoms with van der Waals surface area (Å²) < 4.78 is 27.5. The highest BCUT2D eigenvalue weighted by molar-refractivity contribution is 7.92. The number of non-ortho nitro benzene ring substituents is 1. The second-order valence-electron chi connectivity index (χ2n) is 7.95. The Morgan fingerprint density at radius 1 is 1.10 bits per heavy atom. The van der Waals surface area contributed by atoms with Gasteiger partial charge >= 0.3 is 0 Å². The molecule has 0 unspecified atom stereocenters. The van der Waals surface area contributed by atoms with Crippen molar-refractivity contribution in [2.45, 2.75) is 36.6 Å². The van der Waals surface area contributed by atoms with Gasteiger partial charge in [0, 0.05) is 18.2 Å². The standard InChI is InChI=1S/C21H23N3O5S/c25-21(22-20-12-15-9-10-16(20)11-15)14-23(17-5-4-6-18(13-17)24(26)27)30(28,29)19-7-2-1-3-8-19/h1-8,13,15-16,20H,9-12,14H2,(H,22,25)/t15-,16+,20-/m1/s1. The topological polar surface area (TPSA) is 110 Å². The number of nitrogens with one attached hydrogen (secondary N) is 1. The van der Waals surface area contributed by atoms with Crippen LogP contribution in [0.5, 0.6) is 0 Å². The number of anilines is 1. The van der Waals surface area contributed by atoms with Gasteiger partial charge in [-0.15, -0.1) is 0 Å². The summed E-state index contributed by atoms with van der Waals surface area (Å²) in [6.45, 7) is -0.438. The highest BCUT2D eigenvalue weighted by Gasteiger charge is 2.40. The molecule has 0 spiro atoms. The molecular formula is C21H23N3O5S. The van der Waals surface area contributed by atoms with Crippen LogP contribution < -0.4 is 9.62 Å². The summed E-state index contributed by atoms with van der Waals surface area (Å²) in [5.74, 6) is 0.690. The average Bonchev–Trinajstić information content (AvgIpc) is 3.36. The summed E-state index contributed by atoms with van der Waals surface area (Å²) in [7, 11) is -4.09. The molecule has 2 saturated carbocycles. The van der Waals surface area contributed by atoms with E-state index in [-0.39, 0.29) is 22.3 Å². The third kappa shape index (κ3) is 4.02. The van der Waals surface area contributed by atoms with Gasteiger partial charge in [-0.2, -0.15) is 0 Å². The number of benzene rings is 2. The molecule has 0 aliphatic heterocycles. The molecule has 1 N–H and O–H groups in total. The molecule has 2 fully saturated rings. The van der Waals surface area contributed by atoms with Crippen molar-refractivity contribution in [2.24, 2.45) is 11.8 Å². The molecule has 8 nitrogen and oxygen atoms in total. The fourth-order valence-corrected chi connectivity index (χ4v) is 6.03. The Kier molecular flexibility index (Phi) is 5.46. The van der Waals surface area contributed by atoms with E-state index >= 15 is 0 Å². The van der Waals surface area contributed by atoms with Gasteiger partial charge < -0.3 is 5.32 Å². The Morgan fingerprint density at radius 3 is 2.50 bits per heavy atom. The lowest BCUT2D eigenvalue weighted by atomic mass is 9.95. The number of hydrogen-bond donors (Lipinski definition) is 1. The fraction of sp³-hybridized carbons (Fsp3) is 0.381. The van der Waals surface area contributed by atoms with Crippen molar-refractivity contribution in [1.82, 2.24) is 5.32 Å². The minimum absolute atomic E-state index is 0.0178. The van der Waals surface area contributed by atoms with E-state index in [1.165, 1.54) is 42.8 Å². The van der Waals surface area contributed by atoms with Crippen molar-refractivity contribution in [3.63, 3.8) is 0 Å². The van der Waals surface area contributed by atoms with Crippen molar-refractivity contribution < 1.29 is 18.1 Å². The molecule has 2 aromatic carbocycles. The minimum atomic E-state index is -4.09. The number of rotatable bonds is 7. The van der Waals surface area contributed by atoms with E-state index in [1.807, 2.05) is 0 Å². The van der Waals surface area contributed by atoms with Gasteiger partial charge in [-0.25, -0.2) is 8.42 Å². The van der Waals surface area contributed by atoms with Gasteiger partial charge in [0.2, 0.25) is 5.91 Å². The Balaban J connectivity index is 1.62. The number of carbonyl (C=O) groups is 1. The maximum Gasteiger partial charge on any atom is 0.271 e. The highest BCUT2D eigenvalue weighted by atomic mass is 32.2. The molecule has 1 amide bonds. The number of carbonyl (C=O) groups excluding carboxylic acids is 1. The minimum Gasteiger partial charge on any atom is -0.352 e. The number of fused-ring (bicyclic) bond motifs is 2. The molecule has 2 bridgehead atoms. The number of hydrogen-bond acceptors (Lipinski definition) is 5. The predicted molar refractivity (Wildman–Crippen MR) is 111 cm³/mol. The van der Waals surface area contributed by atoms with E-state index in [9.17, 15) is 23.3 Å². The summed E-state index contributed by atoms with van der Waals surface area (Å²) in [5.41, 5.74) is -0.162. The van der Waals surface area contributed by atoms with Gasteiger partial charge in [-0.1, -0.05) is 30.7 Å². The number of nitro benzene ring substituents is 1. The van der Waals surface area contributed by atoms with Crippen molar-refractivity contribution in [1.29, 1.82) is 0 Å². The first-order chi connectivity index (χ1) is 14.3. The van der Waals surface area contributed by atoms with Crippen LogP contribution in [-0.2, 0) is 14.8 Å². The first-order valence-corrected chi connectivity index (χ1v) is 11.4. The van der Waals surface area contributed by atoms with E-state index in [2.05, 4.69) is 5.32 Å². The largest absolute Gasteiger partial charge is 0.352 e. The van der Waals surface area contributed by atoms with Crippen molar-refractivity contribution in [3.8, 4) is 0 Å². The van der Waals surface area contributed by atoms with Gasteiger partial charge in [-0.05, 0) is 49.3 Å². The summed E-state index contributed by atoms with van der Waals surface area (Å²) >= 11 is 0. The molecule has 158 valence electrons. The van der Waals surface area contributed by atoms with Gasteiger partial charge in [0.1, 0.15) is 6.54 Å². The lowest BCUT2D eigenvalue weighted by molar-refractivity contribution is -0.384. The molecular weight excluding hydrogens is 406 g/mol. The lowest BCUT2D eigenvalue weighted by Gasteiger charge is -2.27.